The molecule has 0 bridgehead atoms. The highest BCUT2D eigenvalue weighted by molar-refractivity contribution is 4.86. The van der Waals surface area contributed by atoms with Gasteiger partial charge in [0.1, 0.15) is 6.61 Å². The minimum absolute atomic E-state index is 1.95. The summed E-state index contributed by atoms with van der Waals surface area (Å²) in [6.45, 7) is -3.43. The highest BCUT2D eigenvalue weighted by Gasteiger charge is 2.68. The van der Waals surface area contributed by atoms with Crippen LogP contribution in [0.4, 0.5) is 74.6 Å². The molecule has 0 aromatic heterocycles. The first kappa shape index (κ1) is 28.7. The molecule has 0 amide bonds. The summed E-state index contributed by atoms with van der Waals surface area (Å²) in [5.74, 6) is -12.8. The quantitative estimate of drug-likeness (QED) is 0.312. The standard InChI is InChI=1S/C10H5F17O3/c11-2(7(17,18)19)5(13,14)1-28-4(6(15,16)9(22,23)24)30-8(20,21)3(12)29-10(25,26)27/h2-4H,1H2. The topological polar surface area (TPSA) is 27.7 Å². The van der Waals surface area contributed by atoms with Crippen LogP contribution in [0.15, 0.2) is 0 Å². The number of rotatable bonds is 9. The van der Waals surface area contributed by atoms with Gasteiger partial charge in [0.25, 0.3) is 12.5 Å². The van der Waals surface area contributed by atoms with Crippen molar-refractivity contribution in [3.63, 3.8) is 0 Å². The van der Waals surface area contributed by atoms with Gasteiger partial charge in [-0.25, -0.2) is 22.3 Å². The first-order chi connectivity index (χ1) is 12.8. The Balaban J connectivity index is 5.77. The third kappa shape index (κ3) is 7.75. The van der Waals surface area contributed by atoms with Crippen LogP contribution in [0.1, 0.15) is 0 Å². The minimum Gasteiger partial charge on any atom is -0.340 e. The zero-order valence-electron chi connectivity index (χ0n) is 13.1. The Morgan fingerprint density at radius 1 is 0.633 bits per heavy atom. The van der Waals surface area contributed by atoms with E-state index in [4.69, 9.17) is 0 Å². The number of ether oxygens (including phenoxy) is 3. The molecule has 3 nitrogen and oxygen atoms in total. The largest absolute Gasteiger partial charge is 0.525 e. The van der Waals surface area contributed by atoms with Crippen molar-refractivity contribution < 1.29 is 88.8 Å². The van der Waals surface area contributed by atoms with Crippen molar-refractivity contribution in [1.29, 1.82) is 0 Å². The summed E-state index contributed by atoms with van der Waals surface area (Å²) in [6, 6.07) is 0. The molecule has 0 aromatic carbocycles. The molecular formula is C10H5F17O3. The van der Waals surface area contributed by atoms with Gasteiger partial charge in [-0.05, 0) is 0 Å². The predicted octanol–water partition coefficient (Wildman–Crippen LogP) is 5.50. The van der Waals surface area contributed by atoms with E-state index in [1.165, 1.54) is 0 Å². The Kier molecular flexibility index (Phi) is 8.29. The zero-order valence-corrected chi connectivity index (χ0v) is 13.1. The molecule has 0 saturated carbocycles. The molecule has 0 aliphatic heterocycles. The molecule has 182 valence electrons. The summed E-state index contributed by atoms with van der Waals surface area (Å²) in [7, 11) is 0. The molecule has 0 heterocycles. The first-order valence-electron chi connectivity index (χ1n) is 6.43. The fourth-order valence-electron chi connectivity index (χ4n) is 1.23. The van der Waals surface area contributed by atoms with Crippen LogP contribution >= 0.6 is 0 Å². The van der Waals surface area contributed by atoms with Crippen molar-refractivity contribution in [3.05, 3.63) is 0 Å². The number of hydrogen-bond acceptors (Lipinski definition) is 3. The Labute approximate surface area is 152 Å². The number of hydrogen-bond donors (Lipinski definition) is 0. The van der Waals surface area contributed by atoms with Crippen LogP contribution in [0.5, 0.6) is 0 Å². The van der Waals surface area contributed by atoms with Gasteiger partial charge in [0.05, 0.1) is 0 Å². The normalized spacial score (nSPS) is 18.3. The molecule has 0 aromatic rings. The molecule has 20 heteroatoms. The fourth-order valence-corrected chi connectivity index (χ4v) is 1.23. The Hall–Kier alpha value is -1.31. The lowest BCUT2D eigenvalue weighted by Crippen LogP contribution is -2.55. The van der Waals surface area contributed by atoms with Crippen LogP contribution in [-0.2, 0) is 14.2 Å². The maximum absolute atomic E-state index is 13.1. The zero-order chi connectivity index (χ0) is 24.6. The second-order valence-corrected chi connectivity index (χ2v) is 4.99. The van der Waals surface area contributed by atoms with Gasteiger partial charge < -0.3 is 4.74 Å². The summed E-state index contributed by atoms with van der Waals surface area (Å²) < 4.78 is 218. The van der Waals surface area contributed by atoms with Gasteiger partial charge in [-0.2, -0.15) is 43.9 Å². The summed E-state index contributed by atoms with van der Waals surface area (Å²) in [6.07, 6.45) is -41.8. The van der Waals surface area contributed by atoms with Crippen LogP contribution in [-0.4, -0.2) is 62.1 Å². The number of alkyl halides is 17. The summed E-state index contributed by atoms with van der Waals surface area (Å²) in [5, 5.41) is 0. The molecule has 0 radical (unpaired) electrons. The van der Waals surface area contributed by atoms with E-state index in [9.17, 15) is 74.6 Å². The lowest BCUT2D eigenvalue weighted by molar-refractivity contribution is -0.466. The molecule has 0 aliphatic rings. The van der Waals surface area contributed by atoms with Gasteiger partial charge in [0, 0.05) is 0 Å². The van der Waals surface area contributed by atoms with Crippen molar-refractivity contribution in [3.8, 4) is 0 Å². The van der Waals surface area contributed by atoms with E-state index >= 15 is 0 Å². The van der Waals surface area contributed by atoms with Gasteiger partial charge in [-0.15, -0.1) is 13.2 Å². The molecule has 3 unspecified atom stereocenters. The second-order valence-electron chi connectivity index (χ2n) is 4.99. The van der Waals surface area contributed by atoms with E-state index in [1.54, 1.807) is 0 Å². The maximum Gasteiger partial charge on any atom is 0.525 e. The van der Waals surface area contributed by atoms with Gasteiger partial charge in [0.2, 0.25) is 6.29 Å². The van der Waals surface area contributed by atoms with Crippen molar-refractivity contribution >= 4 is 0 Å². The van der Waals surface area contributed by atoms with Gasteiger partial charge >= 0.3 is 36.7 Å². The minimum atomic E-state index is -7.06. The Bertz CT molecular complexity index is 549. The van der Waals surface area contributed by atoms with Crippen LogP contribution in [0, 0.1) is 0 Å². The summed E-state index contributed by atoms with van der Waals surface area (Å²) >= 11 is 0. The average Bonchev–Trinajstić information content (AvgIpc) is 2.46. The fraction of sp³-hybridized carbons (Fsp3) is 1.00. The van der Waals surface area contributed by atoms with Crippen molar-refractivity contribution in [2.24, 2.45) is 0 Å². The molecular weight excluding hydrogens is 491 g/mol. The second kappa shape index (κ2) is 8.67. The van der Waals surface area contributed by atoms with E-state index in [1.807, 2.05) is 4.74 Å². The van der Waals surface area contributed by atoms with E-state index in [0.717, 1.165) is 0 Å². The van der Waals surface area contributed by atoms with Gasteiger partial charge in [-0.3, -0.25) is 4.74 Å². The van der Waals surface area contributed by atoms with Crippen LogP contribution in [0.25, 0.3) is 0 Å². The Morgan fingerprint density at radius 3 is 1.40 bits per heavy atom. The van der Waals surface area contributed by atoms with Crippen LogP contribution in [0.3, 0.4) is 0 Å². The SMILES string of the molecule is FC(C(F)(F)F)C(F)(F)COC(OC(F)(F)C(F)OC(F)(F)F)C(F)(F)C(F)(F)F. The molecule has 0 rings (SSSR count). The molecule has 0 saturated heterocycles. The van der Waals surface area contributed by atoms with E-state index < -0.39 is 62.1 Å². The molecule has 0 N–H and O–H groups in total. The molecule has 0 spiro atoms. The Morgan fingerprint density at radius 2 is 1.07 bits per heavy atom. The smallest absolute Gasteiger partial charge is 0.340 e. The molecule has 30 heavy (non-hydrogen) atoms. The van der Waals surface area contributed by atoms with E-state index in [2.05, 4.69) is 9.47 Å². The average molecular weight is 496 g/mol. The maximum atomic E-state index is 13.1. The third-order valence-corrected chi connectivity index (χ3v) is 2.52. The van der Waals surface area contributed by atoms with E-state index in [0.29, 0.717) is 0 Å². The highest BCUT2D eigenvalue weighted by atomic mass is 19.4. The summed E-state index contributed by atoms with van der Waals surface area (Å²) in [4.78, 5) is 0. The third-order valence-electron chi connectivity index (χ3n) is 2.52. The first-order valence-corrected chi connectivity index (χ1v) is 6.43. The molecule has 0 fully saturated rings. The highest BCUT2D eigenvalue weighted by Crippen LogP contribution is 2.44. The molecule has 0 aliphatic carbocycles. The monoisotopic (exact) mass is 496 g/mol. The van der Waals surface area contributed by atoms with E-state index in [-0.39, 0.29) is 0 Å². The van der Waals surface area contributed by atoms with Gasteiger partial charge in [-0.1, -0.05) is 0 Å². The lowest BCUT2D eigenvalue weighted by Gasteiger charge is -2.33. The van der Waals surface area contributed by atoms with Crippen LogP contribution in [0.2, 0.25) is 0 Å². The van der Waals surface area contributed by atoms with Crippen molar-refractivity contribution in [2.75, 3.05) is 6.61 Å². The van der Waals surface area contributed by atoms with Crippen molar-refractivity contribution in [2.45, 2.75) is 55.5 Å². The number of halogens is 17. The predicted molar refractivity (Wildman–Crippen MR) is 54.7 cm³/mol. The van der Waals surface area contributed by atoms with Crippen LogP contribution < -0.4 is 0 Å². The molecule has 3 atom stereocenters. The summed E-state index contributed by atoms with van der Waals surface area (Å²) in [5.41, 5.74) is 0. The lowest BCUT2D eigenvalue weighted by atomic mass is 10.2. The van der Waals surface area contributed by atoms with Gasteiger partial charge in [0.15, 0.2) is 0 Å². The van der Waals surface area contributed by atoms with Crippen molar-refractivity contribution in [1.82, 2.24) is 0 Å².